The zero-order valence-electron chi connectivity index (χ0n) is 11.1. The van der Waals surface area contributed by atoms with Crippen LogP contribution < -0.4 is 0 Å². The van der Waals surface area contributed by atoms with Gasteiger partial charge in [-0.3, -0.25) is 4.79 Å². The first-order chi connectivity index (χ1) is 8.45. The van der Waals surface area contributed by atoms with E-state index in [1.807, 2.05) is 0 Å². The number of aliphatic carboxylic acids is 1. The molecule has 1 heterocycles. The molecule has 0 radical (unpaired) electrons. The fourth-order valence-electron chi connectivity index (χ4n) is 2.13. The number of hydrogen-bond acceptors (Lipinski definition) is 4. The van der Waals surface area contributed by atoms with Crippen LogP contribution in [0, 0.1) is 5.92 Å². The van der Waals surface area contributed by atoms with Crippen LogP contribution in [-0.4, -0.2) is 31.3 Å². The minimum atomic E-state index is -0.789. The molecule has 6 nitrogen and oxygen atoms in total. The molecule has 1 unspecified atom stereocenters. The van der Waals surface area contributed by atoms with Gasteiger partial charge in [-0.25, -0.2) is 4.68 Å². The molecule has 0 bridgehead atoms. The summed E-state index contributed by atoms with van der Waals surface area (Å²) >= 11 is 0. The van der Waals surface area contributed by atoms with Gasteiger partial charge in [-0.1, -0.05) is 20.8 Å². The standard InChI is InChI=1S/C12H20N4O2/c1-4-12(2,3)11-13-14-15-16(11)9(7-10(17)18)8-5-6-8/h8-9H,4-7H2,1-3H3,(H,17,18). The Bertz CT molecular complexity index is 437. The lowest BCUT2D eigenvalue weighted by molar-refractivity contribution is -0.138. The predicted molar refractivity (Wildman–Crippen MR) is 65.1 cm³/mol. The van der Waals surface area contributed by atoms with E-state index in [1.165, 1.54) is 0 Å². The molecule has 1 fully saturated rings. The highest BCUT2D eigenvalue weighted by molar-refractivity contribution is 5.67. The van der Waals surface area contributed by atoms with Crippen molar-refractivity contribution in [3.63, 3.8) is 0 Å². The maximum absolute atomic E-state index is 11.0. The molecule has 1 aliphatic carbocycles. The number of aromatic nitrogens is 4. The molecule has 0 aromatic carbocycles. The molecule has 0 spiro atoms. The Labute approximate surface area is 106 Å². The topological polar surface area (TPSA) is 80.9 Å². The molecule has 1 aromatic rings. The molecule has 1 aromatic heterocycles. The summed E-state index contributed by atoms with van der Waals surface area (Å²) in [6, 6.07) is -0.0988. The number of carboxylic acid groups (broad SMARTS) is 1. The van der Waals surface area contributed by atoms with Crippen LogP contribution in [-0.2, 0) is 10.2 Å². The van der Waals surface area contributed by atoms with Crippen molar-refractivity contribution in [1.29, 1.82) is 0 Å². The maximum Gasteiger partial charge on any atom is 0.305 e. The average Bonchev–Trinajstić information content (AvgIpc) is 3.02. The third kappa shape index (κ3) is 2.52. The molecule has 0 aliphatic heterocycles. The first kappa shape index (κ1) is 13.0. The van der Waals surface area contributed by atoms with Gasteiger partial charge in [0, 0.05) is 5.41 Å². The molecular formula is C12H20N4O2. The van der Waals surface area contributed by atoms with E-state index >= 15 is 0 Å². The number of carboxylic acids is 1. The molecule has 18 heavy (non-hydrogen) atoms. The number of nitrogens with zero attached hydrogens (tertiary/aromatic N) is 4. The molecule has 6 heteroatoms. The van der Waals surface area contributed by atoms with E-state index in [0.717, 1.165) is 25.1 Å². The van der Waals surface area contributed by atoms with Crippen LogP contribution in [0.25, 0.3) is 0 Å². The molecule has 1 atom stereocenters. The summed E-state index contributed by atoms with van der Waals surface area (Å²) in [5.74, 6) is 0.418. The quantitative estimate of drug-likeness (QED) is 0.834. The maximum atomic E-state index is 11.0. The van der Waals surface area contributed by atoms with Crippen molar-refractivity contribution in [3.05, 3.63) is 5.82 Å². The minimum absolute atomic E-state index is 0.0988. The molecule has 0 amide bonds. The van der Waals surface area contributed by atoms with Gasteiger partial charge in [-0.2, -0.15) is 0 Å². The highest BCUT2D eigenvalue weighted by atomic mass is 16.4. The lowest BCUT2D eigenvalue weighted by atomic mass is 9.89. The summed E-state index contributed by atoms with van der Waals surface area (Å²) in [6.07, 6.45) is 3.16. The number of carbonyl (C=O) groups is 1. The highest BCUT2D eigenvalue weighted by Gasteiger charge is 2.38. The van der Waals surface area contributed by atoms with Crippen molar-refractivity contribution in [3.8, 4) is 0 Å². The average molecular weight is 252 g/mol. The Morgan fingerprint density at radius 3 is 2.72 bits per heavy atom. The first-order valence-corrected chi connectivity index (χ1v) is 6.46. The highest BCUT2D eigenvalue weighted by Crippen LogP contribution is 2.42. The van der Waals surface area contributed by atoms with Gasteiger partial charge in [0.2, 0.25) is 0 Å². The summed E-state index contributed by atoms with van der Waals surface area (Å²) in [7, 11) is 0. The van der Waals surface area contributed by atoms with Crippen molar-refractivity contribution >= 4 is 5.97 Å². The third-order valence-electron chi connectivity index (χ3n) is 3.85. The Morgan fingerprint density at radius 2 is 2.22 bits per heavy atom. The normalized spacial score (nSPS) is 17.7. The van der Waals surface area contributed by atoms with Crippen molar-refractivity contribution in [2.24, 2.45) is 5.92 Å². The van der Waals surface area contributed by atoms with Crippen LogP contribution in [0.15, 0.2) is 0 Å². The van der Waals surface area contributed by atoms with Crippen LogP contribution in [0.2, 0.25) is 0 Å². The Morgan fingerprint density at radius 1 is 1.56 bits per heavy atom. The molecule has 0 saturated heterocycles. The number of rotatable bonds is 6. The van der Waals surface area contributed by atoms with Crippen LogP contribution in [0.5, 0.6) is 0 Å². The number of hydrogen-bond donors (Lipinski definition) is 1. The summed E-state index contributed by atoms with van der Waals surface area (Å²) in [6.45, 7) is 6.25. The SMILES string of the molecule is CCC(C)(C)c1nnnn1C(CC(=O)O)C1CC1. The summed E-state index contributed by atoms with van der Waals surface area (Å²) in [5.41, 5.74) is -0.130. The Hall–Kier alpha value is -1.46. The van der Waals surface area contributed by atoms with Crippen molar-refractivity contribution < 1.29 is 9.90 Å². The van der Waals surface area contributed by atoms with E-state index in [2.05, 4.69) is 36.3 Å². The second-order valence-electron chi connectivity index (χ2n) is 5.69. The second-order valence-corrected chi connectivity index (χ2v) is 5.69. The molecular weight excluding hydrogens is 232 g/mol. The molecule has 2 rings (SSSR count). The van der Waals surface area contributed by atoms with Crippen LogP contribution in [0.3, 0.4) is 0 Å². The van der Waals surface area contributed by atoms with Gasteiger partial charge in [0.05, 0.1) is 12.5 Å². The summed E-state index contributed by atoms with van der Waals surface area (Å²) < 4.78 is 1.75. The van der Waals surface area contributed by atoms with E-state index in [-0.39, 0.29) is 17.9 Å². The monoisotopic (exact) mass is 252 g/mol. The lowest BCUT2D eigenvalue weighted by Gasteiger charge is -2.24. The fourth-order valence-corrected chi connectivity index (χ4v) is 2.13. The molecule has 100 valence electrons. The first-order valence-electron chi connectivity index (χ1n) is 6.46. The van der Waals surface area contributed by atoms with Crippen molar-refractivity contribution in [1.82, 2.24) is 20.2 Å². The van der Waals surface area contributed by atoms with Crippen molar-refractivity contribution in [2.45, 2.75) is 57.9 Å². The summed E-state index contributed by atoms with van der Waals surface area (Å²) in [5, 5.41) is 20.9. The zero-order valence-corrected chi connectivity index (χ0v) is 11.1. The third-order valence-corrected chi connectivity index (χ3v) is 3.85. The zero-order chi connectivity index (χ0) is 13.3. The van der Waals surface area contributed by atoms with E-state index in [0.29, 0.717) is 5.92 Å². The van der Waals surface area contributed by atoms with Gasteiger partial charge in [0.15, 0.2) is 5.82 Å². The van der Waals surface area contributed by atoms with E-state index in [9.17, 15) is 4.79 Å². The smallest absolute Gasteiger partial charge is 0.305 e. The van der Waals surface area contributed by atoms with Gasteiger partial charge in [0.25, 0.3) is 0 Å². The minimum Gasteiger partial charge on any atom is -0.481 e. The van der Waals surface area contributed by atoms with Gasteiger partial charge in [-0.05, 0) is 35.6 Å². The number of tetrazole rings is 1. The van der Waals surface area contributed by atoms with Gasteiger partial charge in [-0.15, -0.1) is 5.10 Å². The van der Waals surface area contributed by atoms with Crippen LogP contribution in [0.1, 0.15) is 58.3 Å². The molecule has 1 N–H and O–H groups in total. The van der Waals surface area contributed by atoms with E-state index in [1.54, 1.807) is 4.68 Å². The second kappa shape index (κ2) is 4.66. The van der Waals surface area contributed by atoms with Gasteiger partial charge < -0.3 is 5.11 Å². The Balaban J connectivity index is 2.31. The van der Waals surface area contributed by atoms with Crippen LogP contribution >= 0.6 is 0 Å². The van der Waals surface area contributed by atoms with Gasteiger partial charge in [0.1, 0.15) is 0 Å². The van der Waals surface area contributed by atoms with Crippen molar-refractivity contribution in [2.75, 3.05) is 0 Å². The van der Waals surface area contributed by atoms with Gasteiger partial charge >= 0.3 is 5.97 Å². The molecule has 1 saturated carbocycles. The lowest BCUT2D eigenvalue weighted by Crippen LogP contribution is -2.27. The van der Waals surface area contributed by atoms with Crippen LogP contribution in [0.4, 0.5) is 0 Å². The molecule has 1 aliphatic rings. The fraction of sp³-hybridized carbons (Fsp3) is 0.833. The largest absolute Gasteiger partial charge is 0.481 e. The summed E-state index contributed by atoms with van der Waals surface area (Å²) in [4.78, 5) is 11.0. The Kier molecular flexibility index (Phi) is 3.36. The van der Waals surface area contributed by atoms with E-state index < -0.39 is 5.97 Å². The predicted octanol–water partition coefficient (Wildman–Crippen LogP) is 1.79. The van der Waals surface area contributed by atoms with E-state index in [4.69, 9.17) is 5.11 Å².